The fourth-order valence-electron chi connectivity index (χ4n) is 4.62. The number of rotatable bonds is 6. The zero-order valence-corrected chi connectivity index (χ0v) is 21.9. The number of halogens is 1. The van der Waals surface area contributed by atoms with E-state index in [0.29, 0.717) is 54.6 Å². The summed E-state index contributed by atoms with van der Waals surface area (Å²) in [5, 5.41) is 2.93. The summed E-state index contributed by atoms with van der Waals surface area (Å²) in [5.74, 6) is -0.622. The Balaban J connectivity index is 1.53. The molecule has 2 aromatic carbocycles. The average Bonchev–Trinajstić information content (AvgIpc) is 3.26. The van der Waals surface area contributed by atoms with Crippen LogP contribution < -0.4 is 10.2 Å². The van der Waals surface area contributed by atoms with E-state index >= 15 is 0 Å². The third-order valence-corrected chi connectivity index (χ3v) is 9.46. The van der Waals surface area contributed by atoms with Gasteiger partial charge in [-0.3, -0.25) is 9.59 Å². The molecule has 1 saturated heterocycles. The normalized spacial score (nSPS) is 18.6. The van der Waals surface area contributed by atoms with Gasteiger partial charge in [0.05, 0.1) is 10.8 Å². The molecule has 4 rings (SSSR count). The molecule has 2 aliphatic rings. The molecule has 0 bridgehead atoms. The molecule has 182 valence electrons. The Kier molecular flexibility index (Phi) is 7.45. The molecular weight excluding hydrogens is 518 g/mol. The van der Waals surface area contributed by atoms with E-state index in [1.54, 1.807) is 24.0 Å². The number of sulfonamides is 1. The van der Waals surface area contributed by atoms with E-state index in [1.165, 1.54) is 9.87 Å². The van der Waals surface area contributed by atoms with Crippen LogP contribution in [-0.2, 0) is 32.5 Å². The van der Waals surface area contributed by atoms with Crippen LogP contribution in [0.15, 0.2) is 45.8 Å². The van der Waals surface area contributed by atoms with Crippen molar-refractivity contribution in [1.82, 2.24) is 4.31 Å². The highest BCUT2D eigenvalue weighted by Gasteiger charge is 2.36. The maximum Gasteiger partial charge on any atom is 0.244 e. The van der Waals surface area contributed by atoms with Crippen LogP contribution in [0.4, 0.5) is 11.4 Å². The van der Waals surface area contributed by atoms with Crippen molar-refractivity contribution in [3.05, 3.63) is 52.0 Å². The van der Waals surface area contributed by atoms with Crippen LogP contribution in [0.2, 0.25) is 0 Å². The Bertz CT molecular complexity index is 1200. The van der Waals surface area contributed by atoms with Crippen LogP contribution in [0.25, 0.3) is 0 Å². The number of carbonyl (C=O) groups is 2. The Morgan fingerprint density at radius 2 is 1.85 bits per heavy atom. The fraction of sp³-hybridized carbons (Fsp3) is 0.440. The number of hydrogen-bond donors (Lipinski definition) is 1. The van der Waals surface area contributed by atoms with Crippen LogP contribution in [0, 0.1) is 5.92 Å². The number of hydrogen-bond acceptors (Lipinski definition) is 4. The lowest BCUT2D eigenvalue weighted by molar-refractivity contribution is -0.121. The van der Waals surface area contributed by atoms with Gasteiger partial charge in [0.2, 0.25) is 21.8 Å². The monoisotopic (exact) mass is 547 g/mol. The smallest absolute Gasteiger partial charge is 0.244 e. The zero-order chi connectivity index (χ0) is 24.5. The maximum atomic E-state index is 13.6. The molecule has 1 atom stereocenters. The standard InChI is InChI=1S/C25H30BrN3O4S/c1-3-17-7-9-20(10-8-17)27-25(31)19-6-5-12-28(16-19)34(32,33)23-15-22-18(14-21(23)26)11-13-29(22)24(30)4-2/h7-10,14-15,19H,3-6,11-13,16H2,1-2H3,(H,27,31)/t19-/m0/s1. The predicted molar refractivity (Wildman–Crippen MR) is 136 cm³/mol. The van der Waals surface area contributed by atoms with Crippen molar-refractivity contribution in [2.24, 2.45) is 5.92 Å². The minimum Gasteiger partial charge on any atom is -0.326 e. The largest absolute Gasteiger partial charge is 0.326 e. The van der Waals surface area contributed by atoms with Gasteiger partial charge in [0, 0.05) is 41.9 Å². The predicted octanol–water partition coefficient (Wildman–Crippen LogP) is 4.35. The van der Waals surface area contributed by atoms with Crippen LogP contribution in [0.3, 0.4) is 0 Å². The molecule has 2 aromatic rings. The molecular formula is C25H30BrN3O4S. The van der Waals surface area contributed by atoms with Gasteiger partial charge in [-0.1, -0.05) is 26.0 Å². The summed E-state index contributed by atoms with van der Waals surface area (Å²) in [7, 11) is -3.85. The molecule has 34 heavy (non-hydrogen) atoms. The highest BCUT2D eigenvalue weighted by molar-refractivity contribution is 9.10. The Labute approximate surface area is 209 Å². The second kappa shape index (κ2) is 10.2. The lowest BCUT2D eigenvalue weighted by atomic mass is 9.98. The highest BCUT2D eigenvalue weighted by Crippen LogP contribution is 2.37. The molecule has 7 nitrogen and oxygen atoms in total. The Morgan fingerprint density at radius 3 is 2.53 bits per heavy atom. The number of anilines is 2. The highest BCUT2D eigenvalue weighted by atomic mass is 79.9. The lowest BCUT2D eigenvalue weighted by Gasteiger charge is -2.31. The van der Waals surface area contributed by atoms with Gasteiger partial charge in [0.15, 0.2) is 0 Å². The molecule has 2 heterocycles. The first-order chi connectivity index (χ1) is 16.2. The van der Waals surface area contributed by atoms with Crippen LogP contribution in [-0.4, -0.2) is 44.2 Å². The van der Waals surface area contributed by atoms with E-state index < -0.39 is 15.9 Å². The molecule has 1 N–H and O–H groups in total. The van der Waals surface area contributed by atoms with Crippen molar-refractivity contribution in [2.45, 2.75) is 50.8 Å². The molecule has 2 amide bonds. The Hall–Kier alpha value is -2.23. The lowest BCUT2D eigenvalue weighted by Crippen LogP contribution is -2.43. The maximum absolute atomic E-state index is 13.6. The van der Waals surface area contributed by atoms with Gasteiger partial charge in [-0.25, -0.2) is 8.42 Å². The second-order valence-electron chi connectivity index (χ2n) is 8.80. The molecule has 0 radical (unpaired) electrons. The number of fused-ring (bicyclic) bond motifs is 1. The van der Waals surface area contributed by atoms with E-state index in [2.05, 4.69) is 28.2 Å². The summed E-state index contributed by atoms with van der Waals surface area (Å²) >= 11 is 3.44. The topological polar surface area (TPSA) is 86.8 Å². The summed E-state index contributed by atoms with van der Waals surface area (Å²) in [4.78, 5) is 27.1. The Morgan fingerprint density at radius 1 is 1.12 bits per heavy atom. The summed E-state index contributed by atoms with van der Waals surface area (Å²) in [6.07, 6.45) is 3.23. The molecule has 0 spiro atoms. The average molecular weight is 549 g/mol. The van der Waals surface area contributed by atoms with Crippen molar-refractivity contribution in [2.75, 3.05) is 29.9 Å². The first-order valence-electron chi connectivity index (χ1n) is 11.8. The molecule has 0 unspecified atom stereocenters. The van der Waals surface area contributed by atoms with Gasteiger partial charge in [-0.05, 0) is 77.0 Å². The fourth-order valence-corrected chi connectivity index (χ4v) is 7.21. The minimum absolute atomic E-state index is 0.0221. The number of benzene rings is 2. The van der Waals surface area contributed by atoms with Crippen LogP contribution in [0.5, 0.6) is 0 Å². The third-order valence-electron chi connectivity index (χ3n) is 6.63. The van der Waals surface area contributed by atoms with Gasteiger partial charge in [-0.15, -0.1) is 0 Å². The summed E-state index contributed by atoms with van der Waals surface area (Å²) in [6, 6.07) is 11.1. The number of amides is 2. The third kappa shape index (κ3) is 4.92. The van der Waals surface area contributed by atoms with Gasteiger partial charge in [0.1, 0.15) is 0 Å². The van der Waals surface area contributed by atoms with Crippen LogP contribution >= 0.6 is 15.9 Å². The molecule has 0 saturated carbocycles. The van der Waals surface area contributed by atoms with E-state index in [1.807, 2.05) is 24.3 Å². The molecule has 9 heteroatoms. The van der Waals surface area contributed by atoms with Gasteiger partial charge >= 0.3 is 0 Å². The SMILES string of the molecule is CCC(=O)N1CCc2cc(Br)c(S(=O)(=O)N3CCC[C@H](C(=O)Nc4ccc(CC)cc4)C3)cc21. The quantitative estimate of drug-likeness (QED) is 0.582. The van der Waals surface area contributed by atoms with Crippen molar-refractivity contribution in [3.8, 4) is 0 Å². The van der Waals surface area contributed by atoms with E-state index in [4.69, 9.17) is 0 Å². The summed E-state index contributed by atoms with van der Waals surface area (Å²) in [6.45, 7) is 4.92. The number of nitrogens with one attached hydrogen (secondary N) is 1. The van der Waals surface area contributed by atoms with Crippen molar-refractivity contribution < 1.29 is 18.0 Å². The van der Waals surface area contributed by atoms with Crippen molar-refractivity contribution in [3.63, 3.8) is 0 Å². The van der Waals surface area contributed by atoms with Gasteiger partial charge < -0.3 is 10.2 Å². The van der Waals surface area contributed by atoms with Crippen molar-refractivity contribution >= 4 is 49.1 Å². The van der Waals surface area contributed by atoms with E-state index in [9.17, 15) is 18.0 Å². The second-order valence-corrected chi connectivity index (χ2v) is 11.6. The molecule has 2 aliphatic heterocycles. The molecule has 0 aromatic heterocycles. The van der Waals surface area contributed by atoms with Gasteiger partial charge in [0.25, 0.3) is 0 Å². The van der Waals surface area contributed by atoms with Gasteiger partial charge in [-0.2, -0.15) is 4.31 Å². The molecule has 0 aliphatic carbocycles. The zero-order valence-electron chi connectivity index (χ0n) is 19.5. The summed E-state index contributed by atoms with van der Waals surface area (Å²) < 4.78 is 29.1. The van der Waals surface area contributed by atoms with E-state index in [-0.39, 0.29) is 23.3 Å². The number of aryl methyl sites for hydroxylation is 1. The summed E-state index contributed by atoms with van der Waals surface area (Å²) in [5.41, 5.74) is 3.52. The number of nitrogens with zero attached hydrogens (tertiary/aromatic N) is 2. The minimum atomic E-state index is -3.85. The first kappa shape index (κ1) is 24.9. The van der Waals surface area contributed by atoms with Crippen LogP contribution in [0.1, 0.15) is 44.2 Å². The van der Waals surface area contributed by atoms with Crippen molar-refractivity contribution in [1.29, 1.82) is 0 Å². The first-order valence-corrected chi connectivity index (χ1v) is 14.0. The van der Waals surface area contributed by atoms with E-state index in [0.717, 1.165) is 12.0 Å². The molecule has 1 fully saturated rings. The number of piperidine rings is 1. The number of carbonyl (C=O) groups excluding carboxylic acids is 2.